The molecule has 0 fully saturated rings. The highest BCUT2D eigenvalue weighted by Crippen LogP contribution is 2.24. The van der Waals surface area contributed by atoms with E-state index in [1.54, 1.807) is 42.5 Å². The fraction of sp³-hybridized carbons (Fsp3) is 0.217. The summed E-state index contributed by atoms with van der Waals surface area (Å²) in [6.45, 7) is 5.62. The van der Waals surface area contributed by atoms with Crippen molar-refractivity contribution in [2.45, 2.75) is 33.4 Å². The van der Waals surface area contributed by atoms with E-state index in [2.05, 4.69) is 10.3 Å². The van der Waals surface area contributed by atoms with Crippen LogP contribution >= 0.6 is 0 Å². The van der Waals surface area contributed by atoms with Gasteiger partial charge in [0.15, 0.2) is 11.6 Å². The molecule has 150 valence electrons. The number of aromatic nitrogens is 1. The number of rotatable bonds is 6. The molecular formula is C23H23FN2O3. The van der Waals surface area contributed by atoms with Crippen LogP contribution in [0.25, 0.3) is 0 Å². The van der Waals surface area contributed by atoms with Crippen molar-refractivity contribution in [1.29, 1.82) is 0 Å². The Morgan fingerprint density at radius 1 is 1.14 bits per heavy atom. The maximum Gasteiger partial charge on any atom is 0.253 e. The van der Waals surface area contributed by atoms with Crippen LogP contribution < -0.4 is 15.6 Å². The highest BCUT2D eigenvalue weighted by atomic mass is 19.1. The molecule has 0 saturated carbocycles. The molecule has 2 N–H and O–H groups in total. The summed E-state index contributed by atoms with van der Waals surface area (Å²) in [4.78, 5) is 27.2. The normalized spacial score (nSPS) is 11.7. The van der Waals surface area contributed by atoms with Crippen LogP contribution in [0.4, 0.5) is 4.39 Å². The molecule has 0 aliphatic rings. The van der Waals surface area contributed by atoms with Crippen molar-refractivity contribution in [2.75, 3.05) is 0 Å². The fourth-order valence-electron chi connectivity index (χ4n) is 3.08. The maximum absolute atomic E-state index is 13.7. The lowest BCUT2D eigenvalue weighted by atomic mass is 10.1. The van der Waals surface area contributed by atoms with Gasteiger partial charge in [-0.15, -0.1) is 0 Å². The number of amides is 1. The van der Waals surface area contributed by atoms with Gasteiger partial charge >= 0.3 is 0 Å². The number of aryl methyl sites for hydroxylation is 2. The second-order valence-electron chi connectivity index (χ2n) is 6.94. The van der Waals surface area contributed by atoms with Crippen LogP contribution in [0, 0.1) is 19.7 Å². The van der Waals surface area contributed by atoms with Crippen molar-refractivity contribution in [3.05, 3.63) is 98.7 Å². The molecule has 5 nitrogen and oxygen atoms in total. The van der Waals surface area contributed by atoms with E-state index < -0.39 is 5.82 Å². The number of H-pyrrole nitrogens is 1. The zero-order chi connectivity index (χ0) is 21.0. The Morgan fingerprint density at radius 3 is 2.48 bits per heavy atom. The Morgan fingerprint density at radius 2 is 1.83 bits per heavy atom. The van der Waals surface area contributed by atoms with E-state index in [0.717, 1.165) is 16.8 Å². The summed E-state index contributed by atoms with van der Waals surface area (Å²) in [7, 11) is 0. The highest BCUT2D eigenvalue weighted by molar-refractivity contribution is 5.94. The number of para-hydroxylation sites is 1. The molecule has 0 bridgehead atoms. The maximum atomic E-state index is 13.7. The number of carbonyl (C=O) groups excluding carboxylic acids is 1. The lowest BCUT2D eigenvalue weighted by Gasteiger charge is -2.16. The summed E-state index contributed by atoms with van der Waals surface area (Å²) in [6.07, 6.45) is -0.377. The molecule has 6 heteroatoms. The number of hydrogen-bond donors (Lipinski definition) is 2. The summed E-state index contributed by atoms with van der Waals surface area (Å²) >= 11 is 0. The van der Waals surface area contributed by atoms with Crippen molar-refractivity contribution in [3.63, 3.8) is 0 Å². The second kappa shape index (κ2) is 8.73. The topological polar surface area (TPSA) is 71.2 Å². The summed E-state index contributed by atoms with van der Waals surface area (Å²) in [6, 6.07) is 15.0. The largest absolute Gasteiger partial charge is 0.483 e. The number of pyridine rings is 1. The molecular weight excluding hydrogens is 371 g/mol. The van der Waals surface area contributed by atoms with Crippen LogP contribution in [0.5, 0.6) is 5.75 Å². The number of carbonyl (C=O) groups is 1. The predicted octanol–water partition coefficient (Wildman–Crippen LogP) is 4.20. The molecule has 0 saturated heterocycles. The Hall–Kier alpha value is -3.41. The Labute approximate surface area is 168 Å². The molecule has 1 unspecified atom stereocenters. The minimum atomic E-state index is -0.420. The van der Waals surface area contributed by atoms with E-state index >= 15 is 0 Å². The minimum absolute atomic E-state index is 0.148. The van der Waals surface area contributed by atoms with Crippen molar-refractivity contribution in [1.82, 2.24) is 10.3 Å². The number of hydrogen-bond acceptors (Lipinski definition) is 3. The molecule has 29 heavy (non-hydrogen) atoms. The third kappa shape index (κ3) is 4.90. The van der Waals surface area contributed by atoms with Crippen molar-refractivity contribution in [2.24, 2.45) is 0 Å². The predicted molar refractivity (Wildman–Crippen MR) is 110 cm³/mol. The number of nitrogens with one attached hydrogen (secondary N) is 2. The van der Waals surface area contributed by atoms with E-state index in [4.69, 9.17) is 4.74 Å². The smallest absolute Gasteiger partial charge is 0.253 e. The van der Waals surface area contributed by atoms with E-state index in [0.29, 0.717) is 11.1 Å². The van der Waals surface area contributed by atoms with Crippen molar-refractivity contribution < 1.29 is 13.9 Å². The average molecular weight is 394 g/mol. The average Bonchev–Trinajstić information content (AvgIpc) is 2.69. The molecule has 1 aromatic heterocycles. The monoisotopic (exact) mass is 394 g/mol. The number of halogens is 1. The molecule has 1 amide bonds. The fourth-order valence-corrected chi connectivity index (χ4v) is 3.08. The van der Waals surface area contributed by atoms with Crippen LogP contribution in [-0.2, 0) is 6.54 Å². The lowest BCUT2D eigenvalue weighted by Crippen LogP contribution is -2.27. The lowest BCUT2D eigenvalue weighted by molar-refractivity contribution is 0.0950. The van der Waals surface area contributed by atoms with Gasteiger partial charge in [0.2, 0.25) is 0 Å². The molecule has 2 aromatic carbocycles. The third-order valence-corrected chi connectivity index (χ3v) is 4.70. The standard InChI is InChI=1S/C23H23FN2O3/c1-14-12-15(2)26-23(28)19(14)13-25-22(27)18-10-8-17(9-11-18)16(3)29-21-7-5-4-6-20(21)24/h4-12,16H,13H2,1-3H3,(H,25,27)(H,26,28). The Kier molecular flexibility index (Phi) is 6.12. The molecule has 1 heterocycles. The van der Waals surface area contributed by atoms with E-state index in [9.17, 15) is 14.0 Å². The van der Waals surface area contributed by atoms with E-state index in [1.165, 1.54) is 6.07 Å². The van der Waals surface area contributed by atoms with Gasteiger partial charge in [0.1, 0.15) is 6.10 Å². The summed E-state index contributed by atoms with van der Waals surface area (Å²) in [5.41, 5.74) is 3.24. The SMILES string of the molecule is Cc1cc(C)c(CNC(=O)c2ccc(C(C)Oc3ccccc3F)cc2)c(=O)[nH]1. The van der Waals surface area contributed by atoms with Gasteiger partial charge in [-0.2, -0.15) is 0 Å². The van der Waals surface area contributed by atoms with Gasteiger partial charge < -0.3 is 15.0 Å². The van der Waals surface area contributed by atoms with Crippen LogP contribution in [0.3, 0.4) is 0 Å². The first-order valence-electron chi connectivity index (χ1n) is 9.34. The van der Waals surface area contributed by atoms with Crippen LogP contribution in [0.15, 0.2) is 59.4 Å². The van der Waals surface area contributed by atoms with Gasteiger partial charge in [-0.25, -0.2) is 4.39 Å². The van der Waals surface area contributed by atoms with Gasteiger partial charge in [0.25, 0.3) is 11.5 Å². The Balaban J connectivity index is 1.64. The molecule has 1 atom stereocenters. The van der Waals surface area contributed by atoms with Crippen LogP contribution in [-0.4, -0.2) is 10.9 Å². The van der Waals surface area contributed by atoms with Crippen molar-refractivity contribution >= 4 is 5.91 Å². The molecule has 3 aromatic rings. The molecule has 0 spiro atoms. The molecule has 0 radical (unpaired) electrons. The highest BCUT2D eigenvalue weighted by Gasteiger charge is 2.13. The van der Waals surface area contributed by atoms with E-state index in [-0.39, 0.29) is 29.9 Å². The first-order chi connectivity index (χ1) is 13.8. The number of aromatic amines is 1. The minimum Gasteiger partial charge on any atom is -0.483 e. The van der Waals surface area contributed by atoms with E-state index in [1.807, 2.05) is 26.8 Å². The van der Waals surface area contributed by atoms with Gasteiger partial charge in [-0.3, -0.25) is 9.59 Å². The summed E-state index contributed by atoms with van der Waals surface area (Å²) < 4.78 is 19.4. The first-order valence-corrected chi connectivity index (χ1v) is 9.34. The number of benzene rings is 2. The zero-order valence-electron chi connectivity index (χ0n) is 16.6. The zero-order valence-corrected chi connectivity index (χ0v) is 16.6. The van der Waals surface area contributed by atoms with Gasteiger partial charge in [0, 0.05) is 23.4 Å². The summed E-state index contributed by atoms with van der Waals surface area (Å²) in [5, 5.41) is 2.77. The third-order valence-electron chi connectivity index (χ3n) is 4.70. The quantitative estimate of drug-likeness (QED) is 0.658. The molecule has 0 aliphatic heterocycles. The van der Waals surface area contributed by atoms with Crippen LogP contribution in [0.2, 0.25) is 0 Å². The van der Waals surface area contributed by atoms with Gasteiger partial charge in [-0.05, 0) is 62.2 Å². The second-order valence-corrected chi connectivity index (χ2v) is 6.94. The van der Waals surface area contributed by atoms with Gasteiger partial charge in [-0.1, -0.05) is 24.3 Å². The number of ether oxygens (including phenoxy) is 1. The van der Waals surface area contributed by atoms with Crippen molar-refractivity contribution in [3.8, 4) is 5.75 Å². The summed E-state index contributed by atoms with van der Waals surface area (Å²) in [5.74, 6) is -0.518. The van der Waals surface area contributed by atoms with Crippen LogP contribution in [0.1, 0.15) is 45.8 Å². The van der Waals surface area contributed by atoms with Gasteiger partial charge in [0.05, 0.1) is 0 Å². The Bertz CT molecular complexity index is 1070. The first kappa shape index (κ1) is 20.3. The molecule has 0 aliphatic carbocycles. The molecule has 3 rings (SSSR count).